The molecule has 21 heavy (non-hydrogen) atoms. The molecule has 0 amide bonds. The molecule has 3 heterocycles. The van der Waals surface area contributed by atoms with Crippen molar-refractivity contribution >= 4 is 11.3 Å². The number of oxazole rings is 1. The molecule has 3 aromatic heterocycles. The third kappa shape index (κ3) is 2.14. The van der Waals surface area contributed by atoms with Crippen molar-refractivity contribution in [3.63, 3.8) is 0 Å². The van der Waals surface area contributed by atoms with Crippen molar-refractivity contribution in [1.29, 1.82) is 0 Å². The Balaban J connectivity index is 2.10. The van der Waals surface area contributed by atoms with Crippen LogP contribution in [0, 0.1) is 6.92 Å². The molecule has 7 heteroatoms. The van der Waals surface area contributed by atoms with Gasteiger partial charge in [-0.25, -0.2) is 19.7 Å². The number of rotatable bonds is 3. The average Bonchev–Trinajstić information content (AvgIpc) is 2.94. The Labute approximate surface area is 121 Å². The Hall–Kier alpha value is -2.44. The molecule has 0 radical (unpaired) electrons. The highest BCUT2D eigenvalue weighted by Gasteiger charge is 2.17. The van der Waals surface area contributed by atoms with Gasteiger partial charge in [0.2, 0.25) is 0 Å². The summed E-state index contributed by atoms with van der Waals surface area (Å²) >= 11 is 0. The van der Waals surface area contributed by atoms with Crippen LogP contribution >= 0.6 is 0 Å². The largest absolute Gasteiger partial charge is 0.443 e. The molecule has 0 saturated carbocycles. The quantitative estimate of drug-likeness (QED) is 0.731. The van der Waals surface area contributed by atoms with E-state index in [1.54, 1.807) is 24.0 Å². The summed E-state index contributed by atoms with van der Waals surface area (Å²) in [6, 6.07) is 0. The van der Waals surface area contributed by atoms with E-state index in [0.29, 0.717) is 29.5 Å². The van der Waals surface area contributed by atoms with Crippen molar-refractivity contribution in [2.75, 3.05) is 0 Å². The fraction of sp³-hybridized carbons (Fsp3) is 0.429. The summed E-state index contributed by atoms with van der Waals surface area (Å²) in [4.78, 5) is 25.2. The van der Waals surface area contributed by atoms with Gasteiger partial charge in [0.25, 0.3) is 0 Å². The van der Waals surface area contributed by atoms with E-state index in [0.717, 1.165) is 5.69 Å². The third-order valence-corrected chi connectivity index (χ3v) is 3.46. The zero-order valence-corrected chi connectivity index (χ0v) is 12.5. The molecular formula is C14H17N5O2. The maximum atomic E-state index is 12.3. The van der Waals surface area contributed by atoms with Gasteiger partial charge in [0.05, 0.1) is 12.2 Å². The minimum atomic E-state index is -0.168. The number of hydrogen-bond acceptors (Lipinski definition) is 5. The Morgan fingerprint density at radius 3 is 2.52 bits per heavy atom. The molecule has 0 unspecified atom stereocenters. The van der Waals surface area contributed by atoms with E-state index in [9.17, 15) is 4.79 Å². The standard InChI is InChI=1S/C14H17N5O2/c1-8(2)13-17-9(3)10(21-13)7-19-12-11(15-5-6-16-12)18(4)14(19)20/h5-6,8H,7H2,1-4H3. The summed E-state index contributed by atoms with van der Waals surface area (Å²) in [5.74, 6) is 1.57. The van der Waals surface area contributed by atoms with Gasteiger partial charge < -0.3 is 4.42 Å². The number of imidazole rings is 1. The minimum absolute atomic E-state index is 0.168. The monoisotopic (exact) mass is 287 g/mol. The molecule has 0 aliphatic carbocycles. The summed E-state index contributed by atoms with van der Waals surface area (Å²) in [5.41, 5.74) is 1.74. The summed E-state index contributed by atoms with van der Waals surface area (Å²) in [6.07, 6.45) is 3.15. The number of aromatic nitrogens is 5. The van der Waals surface area contributed by atoms with Gasteiger partial charge in [-0.3, -0.25) is 9.13 Å². The topological polar surface area (TPSA) is 78.7 Å². The second-order valence-corrected chi connectivity index (χ2v) is 5.35. The average molecular weight is 287 g/mol. The van der Waals surface area contributed by atoms with Crippen LogP contribution in [0.3, 0.4) is 0 Å². The lowest BCUT2D eigenvalue weighted by atomic mass is 10.2. The lowest BCUT2D eigenvalue weighted by Crippen LogP contribution is -2.23. The van der Waals surface area contributed by atoms with Crippen LogP contribution in [0.4, 0.5) is 0 Å². The normalized spacial score (nSPS) is 11.7. The third-order valence-electron chi connectivity index (χ3n) is 3.46. The van der Waals surface area contributed by atoms with Gasteiger partial charge in [-0.2, -0.15) is 0 Å². The van der Waals surface area contributed by atoms with Gasteiger partial charge in [0.15, 0.2) is 17.2 Å². The zero-order valence-electron chi connectivity index (χ0n) is 12.5. The van der Waals surface area contributed by atoms with Crippen LogP contribution in [0.2, 0.25) is 0 Å². The van der Waals surface area contributed by atoms with Crippen molar-refractivity contribution in [3.05, 3.63) is 40.2 Å². The second kappa shape index (κ2) is 4.83. The molecule has 7 nitrogen and oxygen atoms in total. The van der Waals surface area contributed by atoms with Crippen LogP contribution in [0.15, 0.2) is 21.6 Å². The van der Waals surface area contributed by atoms with Crippen LogP contribution in [-0.4, -0.2) is 24.1 Å². The fourth-order valence-corrected chi connectivity index (χ4v) is 2.24. The fourth-order valence-electron chi connectivity index (χ4n) is 2.24. The summed E-state index contributed by atoms with van der Waals surface area (Å²) in [5, 5.41) is 0. The van der Waals surface area contributed by atoms with Crippen LogP contribution in [0.25, 0.3) is 11.3 Å². The van der Waals surface area contributed by atoms with E-state index in [2.05, 4.69) is 15.0 Å². The first kappa shape index (κ1) is 13.5. The molecule has 0 spiro atoms. The van der Waals surface area contributed by atoms with Crippen molar-refractivity contribution < 1.29 is 4.42 Å². The van der Waals surface area contributed by atoms with Crippen LogP contribution in [0.1, 0.15) is 37.1 Å². The van der Waals surface area contributed by atoms with E-state index in [4.69, 9.17) is 4.42 Å². The first-order valence-corrected chi connectivity index (χ1v) is 6.81. The van der Waals surface area contributed by atoms with Crippen molar-refractivity contribution in [3.8, 4) is 0 Å². The maximum absolute atomic E-state index is 12.3. The molecule has 0 aromatic carbocycles. The molecule has 0 N–H and O–H groups in total. The lowest BCUT2D eigenvalue weighted by Gasteiger charge is -2.00. The lowest BCUT2D eigenvalue weighted by molar-refractivity contribution is 0.425. The molecule has 0 aliphatic rings. The Bertz CT molecular complexity index is 856. The highest BCUT2D eigenvalue weighted by molar-refractivity contribution is 5.65. The smallest absolute Gasteiger partial charge is 0.331 e. The molecule has 0 aliphatic heterocycles. The Kier molecular flexibility index (Phi) is 3.12. The van der Waals surface area contributed by atoms with E-state index in [1.165, 1.54) is 4.57 Å². The van der Waals surface area contributed by atoms with E-state index >= 15 is 0 Å². The van der Waals surface area contributed by atoms with Gasteiger partial charge >= 0.3 is 5.69 Å². The Morgan fingerprint density at radius 2 is 1.90 bits per heavy atom. The van der Waals surface area contributed by atoms with E-state index < -0.39 is 0 Å². The predicted octanol–water partition coefficient (Wildman–Crippen LogP) is 1.60. The molecule has 0 atom stereocenters. The molecule has 0 saturated heterocycles. The van der Waals surface area contributed by atoms with Gasteiger partial charge in [0, 0.05) is 25.4 Å². The van der Waals surface area contributed by atoms with Gasteiger partial charge in [0.1, 0.15) is 5.76 Å². The van der Waals surface area contributed by atoms with Crippen LogP contribution in [0.5, 0.6) is 0 Å². The number of hydrogen-bond donors (Lipinski definition) is 0. The molecule has 110 valence electrons. The maximum Gasteiger partial charge on any atom is 0.331 e. The Morgan fingerprint density at radius 1 is 1.24 bits per heavy atom. The molecular weight excluding hydrogens is 270 g/mol. The first-order valence-electron chi connectivity index (χ1n) is 6.81. The van der Waals surface area contributed by atoms with Gasteiger partial charge in [-0.1, -0.05) is 13.8 Å². The van der Waals surface area contributed by atoms with Gasteiger partial charge in [-0.05, 0) is 6.92 Å². The first-order chi connectivity index (χ1) is 9.99. The molecule has 3 rings (SSSR count). The highest BCUT2D eigenvalue weighted by atomic mass is 16.4. The number of nitrogens with zero attached hydrogens (tertiary/aromatic N) is 5. The summed E-state index contributed by atoms with van der Waals surface area (Å²) in [6.45, 7) is 6.22. The highest BCUT2D eigenvalue weighted by Crippen LogP contribution is 2.19. The van der Waals surface area contributed by atoms with E-state index in [1.807, 2.05) is 20.8 Å². The van der Waals surface area contributed by atoms with Gasteiger partial charge in [-0.15, -0.1) is 0 Å². The zero-order chi connectivity index (χ0) is 15.1. The van der Waals surface area contributed by atoms with Crippen molar-refractivity contribution in [1.82, 2.24) is 24.1 Å². The molecule has 3 aromatic rings. The van der Waals surface area contributed by atoms with Crippen LogP contribution in [-0.2, 0) is 13.6 Å². The minimum Gasteiger partial charge on any atom is -0.443 e. The predicted molar refractivity (Wildman–Crippen MR) is 77.2 cm³/mol. The van der Waals surface area contributed by atoms with E-state index in [-0.39, 0.29) is 11.6 Å². The summed E-state index contributed by atoms with van der Waals surface area (Å²) in [7, 11) is 1.68. The van der Waals surface area contributed by atoms with Crippen molar-refractivity contribution in [2.24, 2.45) is 7.05 Å². The molecule has 0 fully saturated rings. The second-order valence-electron chi connectivity index (χ2n) is 5.35. The molecule has 0 bridgehead atoms. The van der Waals surface area contributed by atoms with Crippen molar-refractivity contribution in [2.45, 2.75) is 33.2 Å². The number of fused-ring (bicyclic) bond motifs is 1. The number of aryl methyl sites for hydroxylation is 2. The summed E-state index contributed by atoms with van der Waals surface area (Å²) < 4.78 is 8.80. The van der Waals surface area contributed by atoms with Crippen LogP contribution < -0.4 is 5.69 Å². The SMILES string of the molecule is Cc1nc(C(C)C)oc1Cn1c(=O)n(C)c2nccnc21.